The summed E-state index contributed by atoms with van der Waals surface area (Å²) in [5.41, 5.74) is 0. The Morgan fingerprint density at radius 3 is 2.42 bits per heavy atom. The van der Waals surface area contributed by atoms with Crippen LogP contribution in [-0.2, 0) is 4.79 Å². The molecule has 6 nitrogen and oxygen atoms in total. The molecule has 1 unspecified atom stereocenters. The van der Waals surface area contributed by atoms with Gasteiger partial charge in [0, 0.05) is 25.7 Å². The first-order valence-corrected chi connectivity index (χ1v) is 6.89. The lowest BCUT2D eigenvalue weighted by Crippen LogP contribution is -2.58. The number of piperazine rings is 1. The maximum absolute atomic E-state index is 12.1. The molecular weight excluding hydrogens is 246 g/mol. The number of urea groups is 1. The Morgan fingerprint density at radius 1 is 1.37 bits per heavy atom. The van der Waals surface area contributed by atoms with Gasteiger partial charge in [0.1, 0.15) is 6.04 Å². The zero-order valence-corrected chi connectivity index (χ0v) is 12.2. The average molecular weight is 271 g/mol. The van der Waals surface area contributed by atoms with Crippen molar-refractivity contribution in [2.45, 2.75) is 39.8 Å². The highest BCUT2D eigenvalue weighted by atomic mass is 16.4. The highest BCUT2D eigenvalue weighted by molar-refractivity contribution is 5.82. The highest BCUT2D eigenvalue weighted by Crippen LogP contribution is 2.10. The number of carboxylic acid groups (broad SMARTS) is 1. The minimum atomic E-state index is -0.983. The van der Waals surface area contributed by atoms with Crippen LogP contribution in [0.3, 0.4) is 0 Å². The summed E-state index contributed by atoms with van der Waals surface area (Å²) in [5.74, 6) is -1.11. The van der Waals surface area contributed by atoms with E-state index in [4.69, 9.17) is 5.11 Å². The third-order valence-corrected chi connectivity index (χ3v) is 3.67. The summed E-state index contributed by atoms with van der Waals surface area (Å²) in [7, 11) is 0. The van der Waals surface area contributed by atoms with Crippen LogP contribution in [0, 0.1) is 5.92 Å². The molecule has 19 heavy (non-hydrogen) atoms. The van der Waals surface area contributed by atoms with Crippen LogP contribution in [0.2, 0.25) is 0 Å². The number of aliphatic carboxylic acids is 1. The van der Waals surface area contributed by atoms with Crippen molar-refractivity contribution >= 4 is 12.0 Å². The minimum absolute atomic E-state index is 0.129. The maximum Gasteiger partial charge on any atom is 0.326 e. The summed E-state index contributed by atoms with van der Waals surface area (Å²) >= 11 is 0. The van der Waals surface area contributed by atoms with Gasteiger partial charge in [-0.2, -0.15) is 0 Å². The molecule has 1 rings (SSSR count). The number of rotatable bonds is 4. The van der Waals surface area contributed by atoms with Gasteiger partial charge >= 0.3 is 12.0 Å². The second kappa shape index (κ2) is 6.75. The van der Waals surface area contributed by atoms with E-state index in [0.29, 0.717) is 19.1 Å². The number of nitrogens with zero attached hydrogens (tertiary/aromatic N) is 2. The Balaban J connectivity index is 2.57. The van der Waals surface area contributed by atoms with Crippen LogP contribution in [0.5, 0.6) is 0 Å². The SMILES string of the molecule is CCN1CCN(C(=O)N[C@@H](C(=O)O)C(C)C)CC1C. The predicted molar refractivity (Wildman–Crippen MR) is 73.1 cm³/mol. The summed E-state index contributed by atoms with van der Waals surface area (Å²) in [6.45, 7) is 10.9. The van der Waals surface area contributed by atoms with Crippen molar-refractivity contribution in [3.63, 3.8) is 0 Å². The fraction of sp³-hybridized carbons (Fsp3) is 0.846. The van der Waals surface area contributed by atoms with Crippen molar-refractivity contribution in [3.8, 4) is 0 Å². The van der Waals surface area contributed by atoms with E-state index in [9.17, 15) is 9.59 Å². The molecule has 1 fully saturated rings. The maximum atomic E-state index is 12.1. The lowest BCUT2D eigenvalue weighted by Gasteiger charge is -2.39. The molecule has 0 aliphatic carbocycles. The van der Waals surface area contributed by atoms with E-state index in [1.54, 1.807) is 18.7 Å². The summed E-state index contributed by atoms with van der Waals surface area (Å²) < 4.78 is 0. The molecule has 2 amide bonds. The number of nitrogens with one attached hydrogen (secondary N) is 1. The van der Waals surface area contributed by atoms with Gasteiger partial charge in [-0.25, -0.2) is 9.59 Å². The molecule has 2 atom stereocenters. The molecule has 0 bridgehead atoms. The van der Waals surface area contributed by atoms with Crippen LogP contribution >= 0.6 is 0 Å². The number of carbonyl (C=O) groups is 2. The summed E-state index contributed by atoms with van der Waals surface area (Å²) in [6.07, 6.45) is 0. The van der Waals surface area contributed by atoms with Gasteiger partial charge in [0.05, 0.1) is 0 Å². The van der Waals surface area contributed by atoms with E-state index in [-0.39, 0.29) is 11.9 Å². The minimum Gasteiger partial charge on any atom is -0.480 e. The quantitative estimate of drug-likeness (QED) is 0.794. The van der Waals surface area contributed by atoms with E-state index in [0.717, 1.165) is 13.1 Å². The van der Waals surface area contributed by atoms with Crippen LogP contribution in [0.15, 0.2) is 0 Å². The smallest absolute Gasteiger partial charge is 0.326 e. The molecule has 1 saturated heterocycles. The molecule has 6 heteroatoms. The molecule has 0 aromatic rings. The Morgan fingerprint density at radius 2 is 2.00 bits per heavy atom. The van der Waals surface area contributed by atoms with Gasteiger partial charge in [-0.05, 0) is 19.4 Å². The van der Waals surface area contributed by atoms with Gasteiger partial charge in [0.15, 0.2) is 0 Å². The molecule has 110 valence electrons. The second-order valence-electron chi connectivity index (χ2n) is 5.43. The van der Waals surface area contributed by atoms with Gasteiger partial charge in [0.25, 0.3) is 0 Å². The molecule has 0 radical (unpaired) electrons. The lowest BCUT2D eigenvalue weighted by atomic mass is 10.1. The Bertz CT molecular complexity index is 333. The molecule has 1 aliphatic rings. The van der Waals surface area contributed by atoms with Crippen molar-refractivity contribution in [3.05, 3.63) is 0 Å². The molecule has 0 spiro atoms. The van der Waals surface area contributed by atoms with Crippen molar-refractivity contribution < 1.29 is 14.7 Å². The summed E-state index contributed by atoms with van der Waals surface area (Å²) in [5, 5.41) is 11.7. The number of likely N-dealkylation sites (N-methyl/N-ethyl adjacent to an activating group) is 1. The monoisotopic (exact) mass is 271 g/mol. The summed E-state index contributed by atoms with van der Waals surface area (Å²) in [4.78, 5) is 27.2. The third kappa shape index (κ3) is 4.09. The van der Waals surface area contributed by atoms with E-state index in [2.05, 4.69) is 24.1 Å². The molecule has 2 N–H and O–H groups in total. The van der Waals surface area contributed by atoms with Crippen molar-refractivity contribution in [1.82, 2.24) is 15.1 Å². The fourth-order valence-corrected chi connectivity index (χ4v) is 2.39. The van der Waals surface area contributed by atoms with Crippen LogP contribution in [0.4, 0.5) is 4.79 Å². The van der Waals surface area contributed by atoms with Gasteiger partial charge in [-0.1, -0.05) is 20.8 Å². The first-order valence-electron chi connectivity index (χ1n) is 6.89. The van der Waals surface area contributed by atoms with Crippen molar-refractivity contribution in [1.29, 1.82) is 0 Å². The topological polar surface area (TPSA) is 72.9 Å². The van der Waals surface area contributed by atoms with Crippen LogP contribution in [0.1, 0.15) is 27.7 Å². The average Bonchev–Trinajstić information content (AvgIpc) is 2.34. The number of carboxylic acids is 1. The normalized spacial score (nSPS) is 22.4. The number of amides is 2. The Kier molecular flexibility index (Phi) is 5.60. The molecule has 0 saturated carbocycles. The molecule has 0 aromatic carbocycles. The van der Waals surface area contributed by atoms with Gasteiger partial charge in [-0.15, -0.1) is 0 Å². The molecular formula is C13H25N3O3. The Hall–Kier alpha value is -1.30. The Labute approximate surface area is 114 Å². The highest BCUT2D eigenvalue weighted by Gasteiger charge is 2.29. The standard InChI is InChI=1S/C13H25N3O3/c1-5-15-6-7-16(8-10(15)4)13(19)14-11(9(2)3)12(17)18/h9-11H,5-8H2,1-4H3,(H,14,19)(H,17,18)/t10?,11-/m1/s1. The van der Waals surface area contributed by atoms with Crippen LogP contribution in [0.25, 0.3) is 0 Å². The molecule has 0 aromatic heterocycles. The van der Waals surface area contributed by atoms with Gasteiger partial charge in [-0.3, -0.25) is 4.90 Å². The largest absolute Gasteiger partial charge is 0.480 e. The van der Waals surface area contributed by atoms with E-state index in [1.807, 2.05) is 0 Å². The lowest BCUT2D eigenvalue weighted by molar-refractivity contribution is -0.140. The first-order chi connectivity index (χ1) is 8.86. The van der Waals surface area contributed by atoms with Gasteiger partial charge < -0.3 is 15.3 Å². The zero-order chi connectivity index (χ0) is 14.6. The third-order valence-electron chi connectivity index (χ3n) is 3.67. The number of hydrogen-bond donors (Lipinski definition) is 2. The zero-order valence-electron chi connectivity index (χ0n) is 12.2. The van der Waals surface area contributed by atoms with Crippen molar-refractivity contribution in [2.75, 3.05) is 26.2 Å². The number of carbonyl (C=O) groups excluding carboxylic acids is 1. The summed E-state index contributed by atoms with van der Waals surface area (Å²) in [6, 6.07) is -0.789. The van der Waals surface area contributed by atoms with Gasteiger partial charge in [0.2, 0.25) is 0 Å². The molecule has 1 aliphatic heterocycles. The first kappa shape index (κ1) is 15.8. The second-order valence-corrected chi connectivity index (χ2v) is 5.43. The van der Waals surface area contributed by atoms with Crippen LogP contribution in [-0.4, -0.2) is 65.2 Å². The fourth-order valence-electron chi connectivity index (χ4n) is 2.39. The molecule has 1 heterocycles. The van der Waals surface area contributed by atoms with Crippen molar-refractivity contribution in [2.24, 2.45) is 5.92 Å². The number of hydrogen-bond acceptors (Lipinski definition) is 3. The van der Waals surface area contributed by atoms with E-state index >= 15 is 0 Å². The predicted octanol–water partition coefficient (Wildman–Crippen LogP) is 0.831. The van der Waals surface area contributed by atoms with E-state index in [1.165, 1.54) is 0 Å². The van der Waals surface area contributed by atoms with E-state index < -0.39 is 12.0 Å². The van der Waals surface area contributed by atoms with Crippen LogP contribution < -0.4 is 5.32 Å².